The maximum Gasteiger partial charge on any atom is 0.420 e. The molecule has 2 aromatic rings. The lowest BCUT2D eigenvalue weighted by Crippen LogP contribution is -2.55. The van der Waals surface area contributed by atoms with Crippen molar-refractivity contribution in [2.45, 2.75) is 25.3 Å². The minimum absolute atomic E-state index is 0.000525. The molecule has 3 rings (SSSR count). The Bertz CT molecular complexity index is 1010. The van der Waals surface area contributed by atoms with Crippen molar-refractivity contribution in [3.05, 3.63) is 47.4 Å². The van der Waals surface area contributed by atoms with E-state index >= 15 is 0 Å². The maximum absolute atomic E-state index is 13.7. The van der Waals surface area contributed by atoms with Crippen LogP contribution in [0.4, 0.5) is 52.7 Å². The second-order valence-corrected chi connectivity index (χ2v) is 7.25. The van der Waals surface area contributed by atoms with Crippen LogP contribution in [0.25, 0.3) is 0 Å². The van der Waals surface area contributed by atoms with Gasteiger partial charge in [0.1, 0.15) is 17.2 Å². The first-order valence-corrected chi connectivity index (χ1v) is 9.29. The summed E-state index contributed by atoms with van der Waals surface area (Å²) in [5.74, 6) is -1.86. The molecule has 1 aliphatic rings. The van der Waals surface area contributed by atoms with E-state index in [4.69, 9.17) is 5.73 Å². The van der Waals surface area contributed by atoms with Crippen LogP contribution in [-0.2, 0) is 12.4 Å². The summed E-state index contributed by atoms with van der Waals surface area (Å²) in [4.78, 5) is 19.0. The highest BCUT2D eigenvalue weighted by molar-refractivity contribution is 5.89. The Labute approximate surface area is 177 Å². The fraction of sp³-hybridized carbons (Fsp3) is 0.368. The number of piperazine rings is 1. The van der Waals surface area contributed by atoms with Crippen LogP contribution in [0.2, 0.25) is 0 Å². The summed E-state index contributed by atoms with van der Waals surface area (Å²) in [6, 6.07) is 1.46. The van der Waals surface area contributed by atoms with Crippen molar-refractivity contribution in [3.8, 4) is 0 Å². The topological polar surface area (TPSA) is 74.5 Å². The number of halogens is 7. The molecule has 3 N–H and O–H groups in total. The number of nitrogens with zero attached hydrogens (tertiary/aromatic N) is 3. The SMILES string of the molecule is C[C@@H]1CN(c2ncc(N)cc2C(F)(F)F)CCN1C(=O)Nc1ccc(C(F)(F)F)c(F)c1. The molecule has 2 heterocycles. The predicted molar refractivity (Wildman–Crippen MR) is 102 cm³/mol. The van der Waals surface area contributed by atoms with Gasteiger partial charge in [-0.2, -0.15) is 26.3 Å². The number of nitrogens with two attached hydrogens (primary N) is 1. The minimum atomic E-state index is -4.87. The van der Waals surface area contributed by atoms with Crippen LogP contribution in [0, 0.1) is 5.82 Å². The van der Waals surface area contributed by atoms with Crippen LogP contribution in [-0.4, -0.2) is 41.6 Å². The Morgan fingerprint density at radius 1 is 1.09 bits per heavy atom. The second kappa shape index (κ2) is 8.36. The van der Waals surface area contributed by atoms with Crippen LogP contribution in [0.3, 0.4) is 0 Å². The lowest BCUT2D eigenvalue weighted by molar-refractivity contribution is -0.140. The summed E-state index contributed by atoms with van der Waals surface area (Å²) >= 11 is 0. The molecule has 1 aromatic heterocycles. The zero-order valence-electron chi connectivity index (χ0n) is 16.6. The third-order valence-corrected chi connectivity index (χ3v) is 4.91. The quantitative estimate of drug-likeness (QED) is 0.637. The van der Waals surface area contributed by atoms with Crippen molar-refractivity contribution in [3.63, 3.8) is 0 Å². The molecule has 1 fully saturated rings. The van der Waals surface area contributed by atoms with E-state index in [1.165, 1.54) is 9.80 Å². The third kappa shape index (κ3) is 4.97. The van der Waals surface area contributed by atoms with Gasteiger partial charge in [-0.25, -0.2) is 14.2 Å². The number of benzene rings is 1. The van der Waals surface area contributed by atoms with Gasteiger partial charge in [0.05, 0.1) is 17.4 Å². The standard InChI is InChI=1S/C19H18F7N5O/c1-10-9-30(16-14(19(24,25)26)6-11(27)8-28-16)4-5-31(10)17(32)29-12-2-3-13(15(20)7-12)18(21,22)23/h2-3,6-8,10H,4-5,9,27H2,1H3,(H,29,32)/t10-/m1/s1. The zero-order valence-corrected chi connectivity index (χ0v) is 16.6. The van der Waals surface area contributed by atoms with E-state index in [9.17, 15) is 35.5 Å². The number of alkyl halides is 6. The average molecular weight is 465 g/mol. The highest BCUT2D eigenvalue weighted by Gasteiger charge is 2.38. The molecule has 0 bridgehead atoms. The molecule has 0 radical (unpaired) electrons. The van der Waals surface area contributed by atoms with Crippen molar-refractivity contribution < 1.29 is 35.5 Å². The number of carbonyl (C=O) groups is 1. The fourth-order valence-corrected chi connectivity index (χ4v) is 3.40. The molecular weight excluding hydrogens is 447 g/mol. The summed E-state index contributed by atoms with van der Waals surface area (Å²) in [6.07, 6.45) is -8.45. The second-order valence-electron chi connectivity index (χ2n) is 7.25. The number of urea groups is 1. The van der Waals surface area contributed by atoms with Gasteiger partial charge in [-0.3, -0.25) is 0 Å². The predicted octanol–water partition coefficient (Wildman–Crippen LogP) is 4.58. The van der Waals surface area contributed by atoms with Crippen LogP contribution in [0.1, 0.15) is 18.1 Å². The number of hydrogen-bond acceptors (Lipinski definition) is 4. The van der Waals surface area contributed by atoms with E-state index in [0.717, 1.165) is 18.3 Å². The molecule has 1 atom stereocenters. The molecule has 1 aliphatic heterocycles. The van der Waals surface area contributed by atoms with Gasteiger partial charge in [-0.1, -0.05) is 0 Å². The number of nitrogen functional groups attached to an aromatic ring is 1. The number of anilines is 3. The van der Waals surface area contributed by atoms with E-state index in [0.29, 0.717) is 12.1 Å². The Morgan fingerprint density at radius 3 is 2.31 bits per heavy atom. The maximum atomic E-state index is 13.7. The van der Waals surface area contributed by atoms with Gasteiger partial charge >= 0.3 is 18.4 Å². The molecule has 0 unspecified atom stereocenters. The molecule has 1 saturated heterocycles. The van der Waals surface area contributed by atoms with E-state index in [-0.39, 0.29) is 36.8 Å². The van der Waals surface area contributed by atoms with Crippen LogP contribution in [0.15, 0.2) is 30.5 Å². The molecule has 0 saturated carbocycles. The molecule has 1 aromatic carbocycles. The lowest BCUT2D eigenvalue weighted by Gasteiger charge is -2.40. The van der Waals surface area contributed by atoms with Gasteiger partial charge in [-0.15, -0.1) is 0 Å². The van der Waals surface area contributed by atoms with Crippen molar-refractivity contribution in [2.24, 2.45) is 0 Å². The van der Waals surface area contributed by atoms with Gasteiger partial charge in [0.15, 0.2) is 0 Å². The van der Waals surface area contributed by atoms with Crippen LogP contribution < -0.4 is 16.0 Å². The Morgan fingerprint density at radius 2 is 1.75 bits per heavy atom. The molecule has 32 heavy (non-hydrogen) atoms. The molecule has 6 nitrogen and oxygen atoms in total. The van der Waals surface area contributed by atoms with Gasteiger partial charge < -0.3 is 20.9 Å². The largest absolute Gasteiger partial charge is 0.420 e. The minimum Gasteiger partial charge on any atom is -0.397 e. The summed E-state index contributed by atoms with van der Waals surface area (Å²) in [7, 11) is 0. The first-order chi connectivity index (χ1) is 14.8. The van der Waals surface area contributed by atoms with Gasteiger partial charge in [0.2, 0.25) is 0 Å². The number of rotatable bonds is 2. The average Bonchev–Trinajstić information content (AvgIpc) is 2.66. The number of nitrogens with one attached hydrogen (secondary N) is 1. The van der Waals surface area contributed by atoms with Crippen molar-refractivity contribution in [2.75, 3.05) is 35.6 Å². The first kappa shape index (κ1) is 23.4. The number of pyridine rings is 1. The van der Waals surface area contributed by atoms with Gasteiger partial charge in [0, 0.05) is 31.4 Å². The Balaban J connectivity index is 1.71. The summed E-state index contributed by atoms with van der Waals surface area (Å²) in [5, 5.41) is 2.31. The third-order valence-electron chi connectivity index (χ3n) is 4.91. The summed E-state index contributed by atoms with van der Waals surface area (Å²) in [6.45, 7) is 1.61. The van der Waals surface area contributed by atoms with Crippen molar-refractivity contribution in [1.82, 2.24) is 9.88 Å². The monoisotopic (exact) mass is 465 g/mol. The highest BCUT2D eigenvalue weighted by atomic mass is 19.4. The lowest BCUT2D eigenvalue weighted by atomic mass is 10.1. The molecule has 13 heteroatoms. The molecule has 2 amide bonds. The Kier molecular flexibility index (Phi) is 6.11. The van der Waals surface area contributed by atoms with Crippen LogP contribution in [0.5, 0.6) is 0 Å². The first-order valence-electron chi connectivity index (χ1n) is 9.29. The van der Waals surface area contributed by atoms with Gasteiger partial charge in [-0.05, 0) is 31.2 Å². The molecular formula is C19H18F7N5O. The van der Waals surface area contributed by atoms with E-state index < -0.39 is 41.4 Å². The number of carbonyl (C=O) groups excluding carboxylic acids is 1. The van der Waals surface area contributed by atoms with Crippen molar-refractivity contribution >= 4 is 23.2 Å². The van der Waals surface area contributed by atoms with Crippen molar-refractivity contribution in [1.29, 1.82) is 0 Å². The van der Waals surface area contributed by atoms with Gasteiger partial charge in [0.25, 0.3) is 0 Å². The Hall–Kier alpha value is -3.25. The zero-order chi connectivity index (χ0) is 23.8. The smallest absolute Gasteiger partial charge is 0.397 e. The summed E-state index contributed by atoms with van der Waals surface area (Å²) < 4.78 is 91.8. The van der Waals surface area contributed by atoms with Crippen LogP contribution >= 0.6 is 0 Å². The fourth-order valence-electron chi connectivity index (χ4n) is 3.40. The number of hydrogen-bond donors (Lipinski definition) is 2. The summed E-state index contributed by atoms with van der Waals surface area (Å²) in [5.41, 5.74) is 2.64. The highest BCUT2D eigenvalue weighted by Crippen LogP contribution is 2.37. The van der Waals surface area contributed by atoms with E-state index in [1.807, 2.05) is 0 Å². The van der Waals surface area contributed by atoms with E-state index in [1.54, 1.807) is 6.92 Å². The molecule has 174 valence electrons. The number of aromatic nitrogens is 1. The number of amides is 2. The van der Waals surface area contributed by atoms with E-state index in [2.05, 4.69) is 10.3 Å². The molecule has 0 aliphatic carbocycles. The normalized spacial score (nSPS) is 17.4. The molecule has 0 spiro atoms.